The maximum Gasteiger partial charge on any atom is 0.333 e. The van der Waals surface area contributed by atoms with E-state index in [9.17, 15) is 14.7 Å². The van der Waals surface area contributed by atoms with E-state index in [4.69, 9.17) is 0 Å². The lowest BCUT2D eigenvalue weighted by Crippen LogP contribution is -2.39. The van der Waals surface area contributed by atoms with Crippen molar-refractivity contribution in [1.29, 1.82) is 0 Å². The molecule has 1 atom stereocenters. The van der Waals surface area contributed by atoms with Gasteiger partial charge in [0.25, 0.3) is 5.56 Å². The predicted octanol–water partition coefficient (Wildman–Crippen LogP) is 0.228. The Balaban J connectivity index is 2.01. The molecule has 2 aromatic rings. The molecule has 1 aromatic heterocycles. The summed E-state index contributed by atoms with van der Waals surface area (Å²) in [6.07, 6.45) is 0.463. The molecule has 7 heteroatoms. The lowest BCUT2D eigenvalue weighted by Gasteiger charge is -2.11. The zero-order valence-electron chi connectivity index (χ0n) is 12.3. The van der Waals surface area contributed by atoms with Gasteiger partial charge >= 0.3 is 5.69 Å². The lowest BCUT2D eigenvalue weighted by atomic mass is 10.0. The molecule has 0 radical (unpaired) electrons. The van der Waals surface area contributed by atoms with Crippen molar-refractivity contribution in [2.75, 3.05) is 0 Å². The SMILES string of the molecule is Cn1c(O)c(C2=NN[C@H](c3ccccc3)C2)c(=O)n(C)c1=O. The molecule has 0 amide bonds. The van der Waals surface area contributed by atoms with Crippen molar-refractivity contribution >= 4 is 5.71 Å². The first-order valence-electron chi connectivity index (χ1n) is 6.87. The molecular formula is C15H16N4O3. The van der Waals surface area contributed by atoms with Crippen LogP contribution in [0.5, 0.6) is 5.88 Å². The highest BCUT2D eigenvalue weighted by Gasteiger charge is 2.27. The van der Waals surface area contributed by atoms with Crippen LogP contribution in [0.1, 0.15) is 23.6 Å². The second kappa shape index (κ2) is 5.18. The first-order chi connectivity index (χ1) is 10.5. The molecule has 0 aliphatic carbocycles. The Bertz CT molecular complexity index is 865. The van der Waals surface area contributed by atoms with Crippen molar-refractivity contribution in [3.8, 4) is 5.88 Å². The number of hydrazone groups is 1. The van der Waals surface area contributed by atoms with Crippen LogP contribution in [0.2, 0.25) is 0 Å². The van der Waals surface area contributed by atoms with Crippen molar-refractivity contribution in [3.05, 3.63) is 62.3 Å². The standard InChI is InChI=1S/C15H16N4O3/c1-18-13(20)12(14(21)19(2)15(18)22)11-8-10(16-17-11)9-6-4-3-5-7-9/h3-7,10,16,20H,8H2,1-2H3/t10-/m0/s1. The number of aromatic hydroxyl groups is 1. The summed E-state index contributed by atoms with van der Waals surface area (Å²) < 4.78 is 2.00. The summed E-state index contributed by atoms with van der Waals surface area (Å²) in [5.41, 5.74) is 3.41. The van der Waals surface area contributed by atoms with Crippen LogP contribution in [0.4, 0.5) is 0 Å². The predicted molar refractivity (Wildman–Crippen MR) is 82.1 cm³/mol. The summed E-state index contributed by atoms with van der Waals surface area (Å²) >= 11 is 0. The smallest absolute Gasteiger partial charge is 0.333 e. The van der Waals surface area contributed by atoms with Gasteiger partial charge in [-0.15, -0.1) is 0 Å². The van der Waals surface area contributed by atoms with Crippen molar-refractivity contribution in [3.63, 3.8) is 0 Å². The van der Waals surface area contributed by atoms with Crippen LogP contribution in [0, 0.1) is 0 Å². The fraction of sp³-hybridized carbons (Fsp3) is 0.267. The summed E-state index contributed by atoms with van der Waals surface area (Å²) in [5.74, 6) is -0.359. The summed E-state index contributed by atoms with van der Waals surface area (Å²) in [6.45, 7) is 0. The molecule has 2 N–H and O–H groups in total. The molecule has 3 rings (SSSR count). The number of rotatable bonds is 2. The number of hydrogen-bond acceptors (Lipinski definition) is 5. The Morgan fingerprint density at radius 1 is 1.18 bits per heavy atom. The number of aromatic nitrogens is 2. The molecule has 1 aliphatic heterocycles. The van der Waals surface area contributed by atoms with Crippen LogP contribution in [0.15, 0.2) is 45.0 Å². The van der Waals surface area contributed by atoms with Gasteiger partial charge in [-0.1, -0.05) is 30.3 Å². The van der Waals surface area contributed by atoms with Crippen molar-refractivity contribution in [2.45, 2.75) is 12.5 Å². The van der Waals surface area contributed by atoms with Crippen LogP contribution in [0.25, 0.3) is 0 Å². The summed E-state index contributed by atoms with van der Waals surface area (Å²) in [6, 6.07) is 9.66. The minimum absolute atomic E-state index is 0.0578. The Morgan fingerprint density at radius 3 is 2.55 bits per heavy atom. The first kappa shape index (κ1) is 14.1. The monoisotopic (exact) mass is 300 g/mol. The van der Waals surface area contributed by atoms with E-state index in [1.807, 2.05) is 30.3 Å². The second-order valence-corrected chi connectivity index (χ2v) is 5.26. The van der Waals surface area contributed by atoms with E-state index in [2.05, 4.69) is 10.5 Å². The molecule has 2 heterocycles. The van der Waals surface area contributed by atoms with Gasteiger partial charge in [-0.25, -0.2) is 4.79 Å². The molecule has 0 saturated carbocycles. The van der Waals surface area contributed by atoms with Gasteiger partial charge in [0, 0.05) is 20.5 Å². The van der Waals surface area contributed by atoms with E-state index >= 15 is 0 Å². The molecular weight excluding hydrogens is 284 g/mol. The highest BCUT2D eigenvalue weighted by Crippen LogP contribution is 2.25. The van der Waals surface area contributed by atoms with E-state index < -0.39 is 11.2 Å². The molecule has 0 bridgehead atoms. The molecule has 22 heavy (non-hydrogen) atoms. The van der Waals surface area contributed by atoms with Gasteiger partial charge in [0.05, 0.1) is 11.8 Å². The maximum atomic E-state index is 12.3. The summed E-state index contributed by atoms with van der Waals surface area (Å²) in [4.78, 5) is 24.0. The molecule has 0 spiro atoms. The minimum atomic E-state index is -0.572. The van der Waals surface area contributed by atoms with Crippen LogP contribution < -0.4 is 16.7 Å². The van der Waals surface area contributed by atoms with E-state index in [1.165, 1.54) is 14.1 Å². The van der Waals surface area contributed by atoms with Gasteiger partial charge in [0.2, 0.25) is 5.88 Å². The van der Waals surface area contributed by atoms with E-state index in [0.717, 1.165) is 14.7 Å². The number of hydrogen-bond donors (Lipinski definition) is 2. The lowest BCUT2D eigenvalue weighted by molar-refractivity contribution is 0.410. The third kappa shape index (κ3) is 2.11. The Morgan fingerprint density at radius 2 is 1.86 bits per heavy atom. The fourth-order valence-electron chi connectivity index (χ4n) is 2.56. The average molecular weight is 300 g/mol. The Hall–Kier alpha value is -2.83. The van der Waals surface area contributed by atoms with Crippen LogP contribution in [-0.4, -0.2) is 20.0 Å². The van der Waals surface area contributed by atoms with Crippen molar-refractivity contribution in [1.82, 2.24) is 14.6 Å². The summed E-state index contributed by atoms with van der Waals surface area (Å²) in [5, 5.41) is 14.3. The van der Waals surface area contributed by atoms with Gasteiger partial charge < -0.3 is 10.5 Å². The molecule has 114 valence electrons. The van der Waals surface area contributed by atoms with E-state index in [-0.39, 0.29) is 17.5 Å². The normalized spacial score (nSPS) is 17.2. The van der Waals surface area contributed by atoms with Crippen LogP contribution >= 0.6 is 0 Å². The van der Waals surface area contributed by atoms with Crippen molar-refractivity contribution in [2.24, 2.45) is 19.2 Å². The molecule has 1 aromatic carbocycles. The van der Waals surface area contributed by atoms with E-state index in [1.54, 1.807) is 0 Å². The largest absolute Gasteiger partial charge is 0.494 e. The number of nitrogens with one attached hydrogen (secondary N) is 1. The first-order valence-corrected chi connectivity index (χ1v) is 6.87. The van der Waals surface area contributed by atoms with Gasteiger partial charge in [-0.3, -0.25) is 13.9 Å². The quantitative estimate of drug-likeness (QED) is 0.831. The Kier molecular flexibility index (Phi) is 3.32. The Labute approximate surface area is 126 Å². The zero-order chi connectivity index (χ0) is 15.9. The average Bonchev–Trinajstić information content (AvgIpc) is 3.02. The molecule has 0 unspecified atom stereocenters. The topological polar surface area (TPSA) is 88.6 Å². The molecule has 0 saturated heterocycles. The molecule has 0 fully saturated rings. The van der Waals surface area contributed by atoms with Gasteiger partial charge in [0.1, 0.15) is 5.56 Å². The minimum Gasteiger partial charge on any atom is -0.494 e. The number of nitrogens with zero attached hydrogens (tertiary/aromatic N) is 3. The fourth-order valence-corrected chi connectivity index (χ4v) is 2.56. The zero-order valence-corrected chi connectivity index (χ0v) is 12.3. The summed E-state index contributed by atoms with van der Waals surface area (Å²) in [7, 11) is 2.80. The van der Waals surface area contributed by atoms with Gasteiger partial charge in [0.15, 0.2) is 0 Å². The van der Waals surface area contributed by atoms with Gasteiger partial charge in [-0.2, -0.15) is 5.10 Å². The second-order valence-electron chi connectivity index (χ2n) is 5.26. The third-order valence-corrected chi connectivity index (χ3v) is 3.88. The van der Waals surface area contributed by atoms with Crippen LogP contribution in [0.3, 0.4) is 0 Å². The highest BCUT2D eigenvalue weighted by atomic mass is 16.3. The van der Waals surface area contributed by atoms with Crippen LogP contribution in [-0.2, 0) is 14.1 Å². The highest BCUT2D eigenvalue weighted by molar-refractivity contribution is 6.03. The van der Waals surface area contributed by atoms with Crippen molar-refractivity contribution < 1.29 is 5.11 Å². The third-order valence-electron chi connectivity index (χ3n) is 3.88. The molecule has 1 aliphatic rings. The van der Waals surface area contributed by atoms with E-state index in [0.29, 0.717) is 12.1 Å². The molecule has 7 nitrogen and oxygen atoms in total. The number of benzene rings is 1. The van der Waals surface area contributed by atoms with Gasteiger partial charge in [-0.05, 0) is 5.56 Å². The maximum absolute atomic E-state index is 12.3.